The summed E-state index contributed by atoms with van der Waals surface area (Å²) < 4.78 is 11.3. The quantitative estimate of drug-likeness (QED) is 0.134. The Morgan fingerprint density at radius 2 is 1.54 bits per heavy atom. The van der Waals surface area contributed by atoms with Crippen LogP contribution in [-0.4, -0.2) is 71.5 Å². The number of nitrogens with one attached hydrogen (secondary N) is 3. The van der Waals surface area contributed by atoms with Crippen LogP contribution in [0.3, 0.4) is 0 Å². The van der Waals surface area contributed by atoms with Crippen molar-refractivity contribution in [3.8, 4) is 5.75 Å². The SMILES string of the molecule is COc1ccccc1C(=O)NC1CCN(C(=O)[C@H]2CC[C@@](C(=O)N[C@@H](Cc3c[nH]c4ccccc34)C(=O)OC(C)(C)C)(c3ccccc3)c3ccccc32)CC1. The molecule has 0 unspecified atom stereocenters. The standard InChI is InChI=1S/C46H50N4O6/c1-45(2,3)56-43(53)39(28-30-29-47-38-20-12-9-16-33(30)38)49-44(54)46(31-14-6-5-7-15-31)25-22-35(34-17-8-11-19-37(34)46)42(52)50-26-23-32(24-27-50)48-41(51)36-18-10-13-21-40(36)55-4/h5-21,29,32,35,39,47H,22-28H2,1-4H3,(H,48,51)(H,49,54)/t35-,39-,46+/m0/s1. The molecule has 7 rings (SSSR count). The monoisotopic (exact) mass is 754 g/mol. The summed E-state index contributed by atoms with van der Waals surface area (Å²) in [5, 5.41) is 7.27. The minimum Gasteiger partial charge on any atom is -0.496 e. The fourth-order valence-corrected chi connectivity index (χ4v) is 8.41. The third kappa shape index (κ3) is 7.78. The normalized spacial score (nSPS) is 19.1. The van der Waals surface area contributed by atoms with Gasteiger partial charge in [-0.15, -0.1) is 0 Å². The highest BCUT2D eigenvalue weighted by Crippen LogP contribution is 2.48. The van der Waals surface area contributed by atoms with Crippen molar-refractivity contribution in [1.29, 1.82) is 0 Å². The fraction of sp³-hybridized carbons (Fsp3) is 0.348. The molecule has 1 fully saturated rings. The zero-order chi connectivity index (χ0) is 39.5. The van der Waals surface area contributed by atoms with Crippen molar-refractivity contribution in [2.75, 3.05) is 20.2 Å². The largest absolute Gasteiger partial charge is 0.496 e. The van der Waals surface area contributed by atoms with E-state index in [1.807, 2.05) is 117 Å². The summed E-state index contributed by atoms with van der Waals surface area (Å²) in [5.41, 5.74) is 2.72. The summed E-state index contributed by atoms with van der Waals surface area (Å²) in [6, 6.07) is 31.3. The number of fused-ring (bicyclic) bond motifs is 2. The van der Waals surface area contributed by atoms with Crippen LogP contribution >= 0.6 is 0 Å². The number of esters is 1. The number of methoxy groups -OCH3 is 1. The number of carbonyl (C=O) groups is 4. The Balaban J connectivity index is 1.14. The summed E-state index contributed by atoms with van der Waals surface area (Å²) in [5.74, 6) is -0.949. The molecule has 10 heteroatoms. The van der Waals surface area contributed by atoms with Crippen molar-refractivity contribution in [1.82, 2.24) is 20.5 Å². The molecule has 4 aromatic carbocycles. The molecule has 3 amide bonds. The predicted molar refractivity (Wildman–Crippen MR) is 215 cm³/mol. The van der Waals surface area contributed by atoms with Crippen LogP contribution in [0.25, 0.3) is 10.9 Å². The van der Waals surface area contributed by atoms with Gasteiger partial charge in [-0.1, -0.05) is 84.9 Å². The van der Waals surface area contributed by atoms with Crippen molar-refractivity contribution in [3.63, 3.8) is 0 Å². The number of carbonyl (C=O) groups excluding carboxylic acids is 4. The average Bonchev–Trinajstić information content (AvgIpc) is 3.62. The number of piperidine rings is 1. The minimum atomic E-state index is -1.18. The highest BCUT2D eigenvalue weighted by atomic mass is 16.6. The minimum absolute atomic E-state index is 0.0139. The Kier molecular flexibility index (Phi) is 11.0. The van der Waals surface area contributed by atoms with E-state index in [-0.39, 0.29) is 30.2 Å². The molecule has 1 saturated heterocycles. The molecule has 0 saturated carbocycles. The van der Waals surface area contributed by atoms with Crippen LogP contribution < -0.4 is 15.4 Å². The second-order valence-electron chi connectivity index (χ2n) is 15.8. The number of aromatic amines is 1. The van der Waals surface area contributed by atoms with Gasteiger partial charge in [-0.3, -0.25) is 14.4 Å². The van der Waals surface area contributed by atoms with Crippen LogP contribution in [0, 0.1) is 0 Å². The second-order valence-corrected chi connectivity index (χ2v) is 15.8. The van der Waals surface area contributed by atoms with Crippen molar-refractivity contribution in [2.24, 2.45) is 0 Å². The Labute approximate surface area is 328 Å². The first-order chi connectivity index (χ1) is 27.0. The van der Waals surface area contributed by atoms with Gasteiger partial charge >= 0.3 is 5.97 Å². The molecule has 2 heterocycles. The number of amides is 3. The lowest BCUT2D eigenvalue weighted by atomic mass is 9.62. The van der Waals surface area contributed by atoms with Crippen LogP contribution in [0.5, 0.6) is 5.75 Å². The molecule has 1 aliphatic carbocycles. The number of nitrogens with zero attached hydrogens (tertiary/aromatic N) is 1. The van der Waals surface area contributed by atoms with E-state index in [4.69, 9.17) is 9.47 Å². The van der Waals surface area contributed by atoms with Crippen molar-refractivity contribution < 1.29 is 28.7 Å². The maximum atomic E-state index is 15.1. The Morgan fingerprint density at radius 1 is 0.857 bits per heavy atom. The van der Waals surface area contributed by atoms with E-state index in [0.717, 1.165) is 33.2 Å². The lowest BCUT2D eigenvalue weighted by Crippen LogP contribution is -2.55. The highest BCUT2D eigenvalue weighted by Gasteiger charge is 2.50. The van der Waals surface area contributed by atoms with Crippen molar-refractivity contribution in [2.45, 2.75) is 81.9 Å². The van der Waals surface area contributed by atoms with E-state index in [0.29, 0.717) is 50.1 Å². The maximum absolute atomic E-state index is 15.1. The molecule has 56 heavy (non-hydrogen) atoms. The average molecular weight is 755 g/mol. The van der Waals surface area contributed by atoms with Crippen molar-refractivity contribution >= 4 is 34.6 Å². The molecule has 0 bridgehead atoms. The first-order valence-electron chi connectivity index (χ1n) is 19.4. The first kappa shape index (κ1) is 38.4. The molecule has 1 aliphatic heterocycles. The van der Waals surface area contributed by atoms with Gasteiger partial charge in [-0.2, -0.15) is 0 Å². The smallest absolute Gasteiger partial charge is 0.329 e. The number of H-pyrrole nitrogens is 1. The topological polar surface area (TPSA) is 130 Å². The van der Waals surface area contributed by atoms with E-state index in [9.17, 15) is 14.4 Å². The summed E-state index contributed by atoms with van der Waals surface area (Å²) in [7, 11) is 1.54. The van der Waals surface area contributed by atoms with Crippen LogP contribution in [0.1, 0.15) is 85.0 Å². The maximum Gasteiger partial charge on any atom is 0.329 e. The van der Waals surface area contributed by atoms with Gasteiger partial charge in [0.2, 0.25) is 11.8 Å². The molecule has 0 radical (unpaired) electrons. The molecule has 0 spiro atoms. The molecule has 2 aliphatic rings. The number of hydrogen-bond donors (Lipinski definition) is 3. The number of benzene rings is 4. The van der Waals surface area contributed by atoms with Gasteiger partial charge in [-0.25, -0.2) is 4.79 Å². The molecule has 3 atom stereocenters. The summed E-state index contributed by atoms with van der Waals surface area (Å²) in [6.45, 7) is 6.45. The number of likely N-dealkylation sites (tertiary alicyclic amines) is 1. The molecular formula is C46H50N4O6. The number of ether oxygens (including phenoxy) is 2. The summed E-state index contributed by atoms with van der Waals surface area (Å²) in [6.07, 6.45) is 4.15. The highest BCUT2D eigenvalue weighted by molar-refractivity contribution is 5.98. The van der Waals surface area contributed by atoms with E-state index in [1.165, 1.54) is 0 Å². The van der Waals surface area contributed by atoms with Gasteiger partial charge in [0, 0.05) is 42.7 Å². The van der Waals surface area contributed by atoms with Crippen LogP contribution in [0.4, 0.5) is 0 Å². The van der Waals surface area contributed by atoms with Gasteiger partial charge in [0.05, 0.1) is 24.0 Å². The summed E-state index contributed by atoms with van der Waals surface area (Å²) in [4.78, 5) is 61.7. The second kappa shape index (κ2) is 16.1. The van der Waals surface area contributed by atoms with E-state index >= 15 is 4.79 Å². The van der Waals surface area contributed by atoms with Crippen LogP contribution in [-0.2, 0) is 31.0 Å². The fourth-order valence-electron chi connectivity index (χ4n) is 8.41. The number of rotatable bonds is 10. The lowest BCUT2D eigenvalue weighted by molar-refractivity contribution is -0.159. The van der Waals surface area contributed by atoms with Gasteiger partial charge in [0.1, 0.15) is 17.4 Å². The third-order valence-corrected chi connectivity index (χ3v) is 11.1. The van der Waals surface area contributed by atoms with Crippen molar-refractivity contribution in [3.05, 3.63) is 137 Å². The molecule has 3 N–H and O–H groups in total. The van der Waals surface area contributed by atoms with E-state index in [2.05, 4.69) is 15.6 Å². The van der Waals surface area contributed by atoms with Crippen LogP contribution in [0.2, 0.25) is 0 Å². The summed E-state index contributed by atoms with van der Waals surface area (Å²) >= 11 is 0. The Bertz CT molecular complexity index is 2220. The Morgan fingerprint density at radius 3 is 2.29 bits per heavy atom. The van der Waals surface area contributed by atoms with Gasteiger partial charge in [0.25, 0.3) is 5.91 Å². The number of hydrogen-bond acceptors (Lipinski definition) is 6. The molecule has 5 aromatic rings. The zero-order valence-electron chi connectivity index (χ0n) is 32.5. The molecular weight excluding hydrogens is 705 g/mol. The van der Waals surface area contributed by atoms with Gasteiger partial charge in [0.15, 0.2) is 0 Å². The Hall–Kier alpha value is -5.90. The zero-order valence-corrected chi connectivity index (χ0v) is 32.5. The molecule has 290 valence electrons. The molecule has 1 aromatic heterocycles. The van der Waals surface area contributed by atoms with E-state index < -0.39 is 28.9 Å². The van der Waals surface area contributed by atoms with E-state index in [1.54, 1.807) is 25.3 Å². The number of aromatic nitrogens is 1. The predicted octanol–water partition coefficient (Wildman–Crippen LogP) is 6.83. The third-order valence-electron chi connectivity index (χ3n) is 11.1. The van der Waals surface area contributed by atoms with Gasteiger partial charge < -0.3 is 30.0 Å². The number of para-hydroxylation sites is 2. The lowest BCUT2D eigenvalue weighted by Gasteiger charge is -2.43. The van der Waals surface area contributed by atoms with Crippen LogP contribution in [0.15, 0.2) is 109 Å². The van der Waals surface area contributed by atoms with Gasteiger partial charge in [-0.05, 0) is 86.9 Å². The first-order valence-corrected chi connectivity index (χ1v) is 19.4. The molecule has 10 nitrogen and oxygen atoms in total.